The highest BCUT2D eigenvalue weighted by atomic mass is 19.4. The Morgan fingerprint density at radius 2 is 2.06 bits per heavy atom. The lowest BCUT2D eigenvalue weighted by atomic mass is 10.2. The Bertz CT molecular complexity index is 395. The lowest BCUT2D eigenvalue weighted by Gasteiger charge is -2.17. The minimum Gasteiger partial charge on any atom is -0.486 e. The van der Waals surface area contributed by atoms with E-state index in [-0.39, 0.29) is 5.75 Å². The molecule has 0 spiro atoms. The van der Waals surface area contributed by atoms with Gasteiger partial charge in [-0.1, -0.05) is 6.07 Å². The fraction of sp³-hybridized carbons (Fsp3) is 0.455. The quantitative estimate of drug-likeness (QED) is 0.830. The van der Waals surface area contributed by atoms with Crippen LogP contribution >= 0.6 is 0 Å². The first-order chi connectivity index (χ1) is 7.97. The Hall–Kier alpha value is -1.27. The Labute approximate surface area is 96.2 Å². The number of hydrogen-bond donors (Lipinski definition) is 2. The number of benzene rings is 1. The van der Waals surface area contributed by atoms with Gasteiger partial charge < -0.3 is 15.2 Å². The molecule has 17 heavy (non-hydrogen) atoms. The number of β-amino-alcohol motifs (C(OH)–C–C–N with tert-alkyl or cyclic N) is 1. The lowest BCUT2D eigenvalue weighted by Crippen LogP contribution is -2.29. The standard InChI is InChI=1S/C11H12F3NO2/c12-11(13,14)7-2-1-3-8(4-7)17-10-6-15-5-9(10)16/h1-4,9-10,15-16H,5-6H2/t9-,10-/m0/s1. The van der Waals surface area contributed by atoms with E-state index in [2.05, 4.69) is 5.32 Å². The van der Waals surface area contributed by atoms with Crippen LogP contribution in [0.2, 0.25) is 0 Å². The van der Waals surface area contributed by atoms with Gasteiger partial charge >= 0.3 is 6.18 Å². The highest BCUT2D eigenvalue weighted by Crippen LogP contribution is 2.31. The molecule has 3 nitrogen and oxygen atoms in total. The van der Waals surface area contributed by atoms with Crippen LogP contribution in [0.4, 0.5) is 13.2 Å². The fourth-order valence-corrected chi connectivity index (χ4v) is 1.68. The van der Waals surface area contributed by atoms with E-state index in [0.717, 1.165) is 12.1 Å². The molecule has 0 aromatic heterocycles. The lowest BCUT2D eigenvalue weighted by molar-refractivity contribution is -0.137. The van der Waals surface area contributed by atoms with Crippen LogP contribution in [0.1, 0.15) is 5.56 Å². The molecule has 0 bridgehead atoms. The summed E-state index contributed by atoms with van der Waals surface area (Å²) in [6.07, 6.45) is -5.57. The van der Waals surface area contributed by atoms with Crippen LogP contribution in [0.15, 0.2) is 24.3 Å². The third-order valence-corrected chi connectivity index (χ3v) is 2.58. The van der Waals surface area contributed by atoms with Gasteiger partial charge in [0.15, 0.2) is 0 Å². The summed E-state index contributed by atoms with van der Waals surface area (Å²) in [4.78, 5) is 0. The molecular weight excluding hydrogens is 235 g/mol. The van der Waals surface area contributed by atoms with E-state index in [1.807, 2.05) is 0 Å². The molecule has 1 aliphatic heterocycles. The van der Waals surface area contributed by atoms with Gasteiger partial charge in [0.05, 0.1) is 5.56 Å². The zero-order valence-electron chi connectivity index (χ0n) is 8.87. The molecule has 1 aliphatic rings. The van der Waals surface area contributed by atoms with Crippen molar-refractivity contribution in [2.24, 2.45) is 0 Å². The third-order valence-electron chi connectivity index (χ3n) is 2.58. The van der Waals surface area contributed by atoms with Crippen molar-refractivity contribution in [1.29, 1.82) is 0 Å². The first-order valence-electron chi connectivity index (χ1n) is 5.19. The van der Waals surface area contributed by atoms with Crippen molar-refractivity contribution in [2.75, 3.05) is 13.1 Å². The maximum Gasteiger partial charge on any atom is 0.416 e. The van der Waals surface area contributed by atoms with Crippen LogP contribution in [0.3, 0.4) is 0 Å². The van der Waals surface area contributed by atoms with E-state index < -0.39 is 23.9 Å². The molecule has 0 unspecified atom stereocenters. The number of aliphatic hydroxyl groups excluding tert-OH is 1. The van der Waals surface area contributed by atoms with Crippen molar-refractivity contribution >= 4 is 0 Å². The van der Waals surface area contributed by atoms with Crippen molar-refractivity contribution < 1.29 is 23.0 Å². The van der Waals surface area contributed by atoms with Crippen LogP contribution < -0.4 is 10.1 Å². The molecular formula is C11H12F3NO2. The van der Waals surface area contributed by atoms with Crippen LogP contribution in [0.5, 0.6) is 5.75 Å². The van der Waals surface area contributed by atoms with Gasteiger partial charge in [-0.25, -0.2) is 0 Å². The molecule has 2 N–H and O–H groups in total. The summed E-state index contributed by atoms with van der Waals surface area (Å²) in [5, 5.41) is 12.4. The maximum absolute atomic E-state index is 12.4. The van der Waals surface area contributed by atoms with Gasteiger partial charge in [0.2, 0.25) is 0 Å². The van der Waals surface area contributed by atoms with Crippen LogP contribution in [-0.4, -0.2) is 30.4 Å². The van der Waals surface area contributed by atoms with Gasteiger partial charge in [-0.15, -0.1) is 0 Å². The van der Waals surface area contributed by atoms with Crippen molar-refractivity contribution in [3.8, 4) is 5.75 Å². The third kappa shape index (κ3) is 2.89. The first-order valence-corrected chi connectivity index (χ1v) is 5.19. The van der Waals surface area contributed by atoms with Crippen LogP contribution in [0.25, 0.3) is 0 Å². The molecule has 0 amide bonds. The topological polar surface area (TPSA) is 41.5 Å². The molecule has 1 fully saturated rings. The van der Waals surface area contributed by atoms with Crippen molar-refractivity contribution in [1.82, 2.24) is 5.32 Å². The summed E-state index contributed by atoms with van der Waals surface area (Å²) in [6, 6.07) is 4.65. The number of rotatable bonds is 2. The molecule has 1 saturated heterocycles. The minimum absolute atomic E-state index is 0.118. The molecule has 0 aliphatic carbocycles. The van der Waals surface area contributed by atoms with E-state index in [1.165, 1.54) is 12.1 Å². The highest BCUT2D eigenvalue weighted by Gasteiger charge is 2.31. The van der Waals surface area contributed by atoms with Gasteiger partial charge in [0, 0.05) is 13.1 Å². The number of nitrogens with one attached hydrogen (secondary N) is 1. The van der Waals surface area contributed by atoms with Crippen molar-refractivity contribution in [2.45, 2.75) is 18.4 Å². The predicted molar refractivity (Wildman–Crippen MR) is 54.7 cm³/mol. The predicted octanol–water partition coefficient (Wildman–Crippen LogP) is 1.42. The molecule has 94 valence electrons. The number of halogens is 3. The molecule has 1 aromatic carbocycles. The Balaban J connectivity index is 2.11. The van der Waals surface area contributed by atoms with Gasteiger partial charge in [-0.05, 0) is 18.2 Å². The van der Waals surface area contributed by atoms with Gasteiger partial charge in [-0.2, -0.15) is 13.2 Å². The molecule has 1 heterocycles. The number of ether oxygens (including phenoxy) is 1. The molecule has 2 atom stereocenters. The second-order valence-corrected chi connectivity index (χ2v) is 3.91. The molecule has 0 saturated carbocycles. The van der Waals surface area contributed by atoms with E-state index in [4.69, 9.17) is 4.74 Å². The van der Waals surface area contributed by atoms with E-state index in [0.29, 0.717) is 13.1 Å². The molecule has 2 rings (SSSR count). The average Bonchev–Trinajstić information content (AvgIpc) is 2.64. The SMILES string of the molecule is O[C@H]1CNC[C@@H]1Oc1cccc(C(F)(F)F)c1. The van der Waals surface area contributed by atoms with Crippen LogP contribution in [-0.2, 0) is 6.18 Å². The van der Waals surface area contributed by atoms with Crippen LogP contribution in [0, 0.1) is 0 Å². The first kappa shape index (κ1) is 12.2. The Morgan fingerprint density at radius 3 is 2.65 bits per heavy atom. The van der Waals surface area contributed by atoms with E-state index in [9.17, 15) is 18.3 Å². The van der Waals surface area contributed by atoms with Gasteiger partial charge in [0.25, 0.3) is 0 Å². The molecule has 6 heteroatoms. The number of hydrogen-bond acceptors (Lipinski definition) is 3. The fourth-order valence-electron chi connectivity index (χ4n) is 1.68. The van der Waals surface area contributed by atoms with Gasteiger partial charge in [-0.3, -0.25) is 0 Å². The number of alkyl halides is 3. The van der Waals surface area contributed by atoms with E-state index in [1.54, 1.807) is 0 Å². The molecule has 1 aromatic rings. The summed E-state index contributed by atoms with van der Waals surface area (Å²) < 4.78 is 42.6. The highest BCUT2D eigenvalue weighted by molar-refractivity contribution is 5.30. The summed E-state index contributed by atoms with van der Waals surface area (Å²) >= 11 is 0. The minimum atomic E-state index is -4.38. The smallest absolute Gasteiger partial charge is 0.416 e. The van der Waals surface area contributed by atoms with E-state index >= 15 is 0 Å². The maximum atomic E-state index is 12.4. The summed E-state index contributed by atoms with van der Waals surface area (Å²) in [5.41, 5.74) is -0.754. The Kier molecular flexibility index (Phi) is 3.26. The molecule has 0 radical (unpaired) electrons. The normalized spacial score (nSPS) is 24.9. The summed E-state index contributed by atoms with van der Waals surface area (Å²) in [5.74, 6) is 0.118. The zero-order valence-corrected chi connectivity index (χ0v) is 8.87. The Morgan fingerprint density at radius 1 is 1.29 bits per heavy atom. The van der Waals surface area contributed by atoms with Gasteiger partial charge in [0.1, 0.15) is 18.0 Å². The second-order valence-electron chi connectivity index (χ2n) is 3.91. The zero-order chi connectivity index (χ0) is 12.5. The average molecular weight is 247 g/mol. The van der Waals surface area contributed by atoms with Crippen molar-refractivity contribution in [3.05, 3.63) is 29.8 Å². The largest absolute Gasteiger partial charge is 0.486 e. The van der Waals surface area contributed by atoms with Crippen molar-refractivity contribution in [3.63, 3.8) is 0 Å². The number of aliphatic hydroxyl groups is 1. The monoisotopic (exact) mass is 247 g/mol. The summed E-state index contributed by atoms with van der Waals surface area (Å²) in [7, 11) is 0. The second kappa shape index (κ2) is 4.54. The summed E-state index contributed by atoms with van der Waals surface area (Å²) in [6.45, 7) is 0.820.